The molecule has 4 nitrogen and oxygen atoms in total. The highest BCUT2D eigenvalue weighted by Gasteiger charge is 2.16. The number of halogens is 1. The number of hydrogen-bond donors (Lipinski definition) is 1. The molecular weight excluding hydrogens is 314 g/mol. The van der Waals surface area contributed by atoms with Crippen molar-refractivity contribution in [2.24, 2.45) is 0 Å². The molecule has 0 aliphatic heterocycles. The van der Waals surface area contributed by atoms with E-state index in [4.69, 9.17) is 16.3 Å². The zero-order valence-corrected chi connectivity index (χ0v) is 13.3. The molecule has 0 spiro atoms. The molecule has 0 unspecified atom stereocenters. The van der Waals surface area contributed by atoms with Gasteiger partial charge in [-0.15, -0.1) is 0 Å². The highest BCUT2D eigenvalue weighted by molar-refractivity contribution is 6.32. The fourth-order valence-corrected chi connectivity index (χ4v) is 2.00. The van der Waals surface area contributed by atoms with Gasteiger partial charge in [-0.3, -0.25) is 4.79 Å². The molecular formula is C18H16ClNO3. The molecule has 1 N–H and O–H groups in total. The van der Waals surface area contributed by atoms with Crippen LogP contribution in [0.3, 0.4) is 0 Å². The molecule has 0 aliphatic rings. The lowest BCUT2D eigenvalue weighted by atomic mass is 10.2. The van der Waals surface area contributed by atoms with Gasteiger partial charge in [-0.2, -0.15) is 0 Å². The molecule has 0 radical (unpaired) electrons. The van der Waals surface area contributed by atoms with Crippen LogP contribution in [0.1, 0.15) is 12.5 Å². The first-order valence-corrected chi connectivity index (χ1v) is 7.43. The summed E-state index contributed by atoms with van der Waals surface area (Å²) in [6.07, 6.45) is 1.89. The van der Waals surface area contributed by atoms with E-state index in [1.54, 1.807) is 48.5 Å². The minimum Gasteiger partial charge on any atom is -0.449 e. The average Bonchev–Trinajstić information content (AvgIpc) is 2.55. The van der Waals surface area contributed by atoms with Crippen LogP contribution in [0.25, 0.3) is 6.08 Å². The maximum absolute atomic E-state index is 11.9. The summed E-state index contributed by atoms with van der Waals surface area (Å²) in [4.78, 5) is 23.7. The molecule has 118 valence electrons. The van der Waals surface area contributed by atoms with Gasteiger partial charge >= 0.3 is 5.97 Å². The first-order valence-electron chi connectivity index (χ1n) is 7.05. The second kappa shape index (κ2) is 8.15. The summed E-state index contributed by atoms with van der Waals surface area (Å²) in [7, 11) is 0. The van der Waals surface area contributed by atoms with Crippen molar-refractivity contribution in [1.29, 1.82) is 0 Å². The molecule has 2 rings (SSSR count). The van der Waals surface area contributed by atoms with Crippen molar-refractivity contribution in [2.75, 3.05) is 5.32 Å². The fraction of sp³-hybridized carbons (Fsp3) is 0.111. The highest BCUT2D eigenvalue weighted by atomic mass is 35.5. The van der Waals surface area contributed by atoms with Gasteiger partial charge in [0.2, 0.25) is 0 Å². The van der Waals surface area contributed by atoms with Gasteiger partial charge in [0.25, 0.3) is 5.91 Å². The molecule has 0 aliphatic carbocycles. The van der Waals surface area contributed by atoms with Gasteiger partial charge in [0.05, 0.1) is 0 Å². The number of rotatable bonds is 5. The van der Waals surface area contributed by atoms with E-state index in [0.717, 1.165) is 0 Å². The average molecular weight is 330 g/mol. The van der Waals surface area contributed by atoms with Gasteiger partial charge < -0.3 is 10.1 Å². The second-order valence-electron chi connectivity index (χ2n) is 4.79. The van der Waals surface area contributed by atoms with Gasteiger partial charge in [-0.05, 0) is 36.8 Å². The van der Waals surface area contributed by atoms with Crippen LogP contribution in [0.4, 0.5) is 5.69 Å². The van der Waals surface area contributed by atoms with E-state index in [1.165, 1.54) is 13.0 Å². The van der Waals surface area contributed by atoms with Gasteiger partial charge in [0.15, 0.2) is 6.10 Å². The quantitative estimate of drug-likeness (QED) is 0.668. The number of carbonyl (C=O) groups excluding carboxylic acids is 2. The Hall–Kier alpha value is -2.59. The summed E-state index contributed by atoms with van der Waals surface area (Å²) < 4.78 is 5.07. The maximum atomic E-state index is 11.9. The summed E-state index contributed by atoms with van der Waals surface area (Å²) in [6, 6.07) is 16.1. The van der Waals surface area contributed by atoms with Crippen LogP contribution in [0.2, 0.25) is 5.02 Å². The lowest BCUT2D eigenvalue weighted by Gasteiger charge is -2.12. The largest absolute Gasteiger partial charge is 0.449 e. The van der Waals surface area contributed by atoms with E-state index in [0.29, 0.717) is 16.3 Å². The number of nitrogens with one attached hydrogen (secondary N) is 1. The summed E-state index contributed by atoms with van der Waals surface area (Å²) in [5.74, 6) is -1.00. The van der Waals surface area contributed by atoms with Crippen molar-refractivity contribution in [1.82, 2.24) is 0 Å². The van der Waals surface area contributed by atoms with Gasteiger partial charge in [0, 0.05) is 16.8 Å². The number of para-hydroxylation sites is 1. The van der Waals surface area contributed by atoms with Crippen molar-refractivity contribution in [3.63, 3.8) is 0 Å². The standard InChI is InChI=1S/C18H16ClNO3/c1-13(18(22)20-15-8-3-2-4-9-15)23-17(21)12-11-14-7-5-6-10-16(14)19/h2-13H,1H3,(H,20,22)/b12-11+/t13-/m1/s1. The predicted octanol–water partition coefficient (Wildman–Crippen LogP) is 3.92. The lowest BCUT2D eigenvalue weighted by molar-refractivity contribution is -0.148. The van der Waals surface area contributed by atoms with Crippen LogP contribution in [0, 0.1) is 0 Å². The Balaban J connectivity index is 1.89. The fourth-order valence-electron chi connectivity index (χ4n) is 1.80. The van der Waals surface area contributed by atoms with E-state index >= 15 is 0 Å². The van der Waals surface area contributed by atoms with Crippen molar-refractivity contribution >= 4 is 35.2 Å². The van der Waals surface area contributed by atoms with Crippen LogP contribution in [0.15, 0.2) is 60.7 Å². The van der Waals surface area contributed by atoms with Crippen LogP contribution in [0.5, 0.6) is 0 Å². The van der Waals surface area contributed by atoms with Crippen LogP contribution in [-0.2, 0) is 14.3 Å². The molecule has 0 saturated heterocycles. The number of ether oxygens (including phenoxy) is 1. The molecule has 0 heterocycles. The first kappa shape index (κ1) is 16.8. The summed E-state index contributed by atoms with van der Waals surface area (Å²) >= 11 is 5.99. The molecule has 1 amide bonds. The van der Waals surface area contributed by atoms with E-state index in [9.17, 15) is 9.59 Å². The normalized spacial score (nSPS) is 11.9. The van der Waals surface area contributed by atoms with Crippen molar-refractivity contribution in [3.05, 3.63) is 71.3 Å². The molecule has 0 bridgehead atoms. The zero-order valence-electron chi connectivity index (χ0n) is 12.5. The topological polar surface area (TPSA) is 55.4 Å². The Morgan fingerprint density at radius 3 is 2.43 bits per heavy atom. The van der Waals surface area contributed by atoms with Gasteiger partial charge in [-0.1, -0.05) is 48.0 Å². The molecule has 0 aromatic heterocycles. The Kier molecular flexibility index (Phi) is 5.94. The van der Waals surface area contributed by atoms with Crippen LogP contribution in [-0.4, -0.2) is 18.0 Å². The summed E-state index contributed by atoms with van der Waals surface area (Å²) in [6.45, 7) is 1.51. The predicted molar refractivity (Wildman–Crippen MR) is 91.1 cm³/mol. The highest BCUT2D eigenvalue weighted by Crippen LogP contribution is 2.16. The van der Waals surface area contributed by atoms with E-state index in [2.05, 4.69) is 5.32 Å². The molecule has 5 heteroatoms. The number of amides is 1. The molecule has 23 heavy (non-hydrogen) atoms. The van der Waals surface area contributed by atoms with E-state index < -0.39 is 18.0 Å². The third-order valence-corrected chi connectivity index (χ3v) is 3.35. The number of esters is 1. The smallest absolute Gasteiger partial charge is 0.331 e. The van der Waals surface area contributed by atoms with Crippen LogP contribution < -0.4 is 5.32 Å². The number of hydrogen-bond acceptors (Lipinski definition) is 3. The Labute approximate surface area is 139 Å². The molecule has 0 fully saturated rings. The molecule has 2 aromatic rings. The van der Waals surface area contributed by atoms with E-state index in [1.807, 2.05) is 12.1 Å². The number of benzene rings is 2. The van der Waals surface area contributed by atoms with Gasteiger partial charge in [-0.25, -0.2) is 4.79 Å². The summed E-state index contributed by atoms with van der Waals surface area (Å²) in [5, 5.41) is 3.20. The van der Waals surface area contributed by atoms with Crippen molar-refractivity contribution in [2.45, 2.75) is 13.0 Å². The summed E-state index contributed by atoms with van der Waals surface area (Å²) in [5.41, 5.74) is 1.35. The maximum Gasteiger partial charge on any atom is 0.331 e. The molecule has 2 aromatic carbocycles. The third kappa shape index (κ3) is 5.27. The number of anilines is 1. The number of carbonyl (C=O) groups is 2. The third-order valence-electron chi connectivity index (χ3n) is 3.01. The van der Waals surface area contributed by atoms with E-state index in [-0.39, 0.29) is 0 Å². The van der Waals surface area contributed by atoms with Gasteiger partial charge in [0.1, 0.15) is 0 Å². The minimum atomic E-state index is -0.904. The SMILES string of the molecule is C[C@@H](OC(=O)/C=C/c1ccccc1Cl)C(=O)Nc1ccccc1. The minimum absolute atomic E-state index is 0.393. The van der Waals surface area contributed by atoms with Crippen molar-refractivity contribution < 1.29 is 14.3 Å². The Bertz CT molecular complexity index is 713. The zero-order chi connectivity index (χ0) is 16.7. The monoisotopic (exact) mass is 329 g/mol. The van der Waals surface area contributed by atoms with Crippen LogP contribution >= 0.6 is 11.6 Å². The lowest BCUT2D eigenvalue weighted by Crippen LogP contribution is -2.29. The Morgan fingerprint density at radius 1 is 1.09 bits per heavy atom. The molecule has 1 atom stereocenters. The molecule has 0 saturated carbocycles. The Morgan fingerprint density at radius 2 is 1.74 bits per heavy atom. The second-order valence-corrected chi connectivity index (χ2v) is 5.20. The first-order chi connectivity index (χ1) is 11.1. The van der Waals surface area contributed by atoms with Crippen molar-refractivity contribution in [3.8, 4) is 0 Å².